The molecule has 0 radical (unpaired) electrons. The fourth-order valence-corrected chi connectivity index (χ4v) is 2.20. The third kappa shape index (κ3) is 2.92. The molecule has 0 fully saturated rings. The van der Waals surface area contributed by atoms with Crippen molar-refractivity contribution in [2.45, 2.75) is 6.54 Å². The Kier molecular flexibility index (Phi) is 3.58. The van der Waals surface area contributed by atoms with Crippen LogP contribution in [0.25, 0.3) is 0 Å². The minimum Gasteiger partial charge on any atom is -0.267 e. The van der Waals surface area contributed by atoms with Gasteiger partial charge in [0.2, 0.25) is 0 Å². The summed E-state index contributed by atoms with van der Waals surface area (Å²) >= 11 is 6.63. The van der Waals surface area contributed by atoms with E-state index in [9.17, 15) is 10.1 Å². The summed E-state index contributed by atoms with van der Waals surface area (Å²) in [5.74, 6) is 0. The molecule has 1 heterocycles. The van der Waals surface area contributed by atoms with Gasteiger partial charge in [0, 0.05) is 22.8 Å². The monoisotopic (exact) mass is 359 g/mol. The lowest BCUT2D eigenvalue weighted by molar-refractivity contribution is -0.384. The molecular weight excluding hydrogens is 354 g/mol. The zero-order chi connectivity index (χ0) is 12.4. The van der Waals surface area contributed by atoms with E-state index in [0.29, 0.717) is 11.0 Å². The number of nitro groups is 1. The van der Waals surface area contributed by atoms with Crippen LogP contribution in [0.3, 0.4) is 0 Å². The predicted octanol–water partition coefficient (Wildman–Crippen LogP) is 3.36. The molecule has 17 heavy (non-hydrogen) atoms. The number of non-ortho nitro benzene ring substituents is 1. The summed E-state index contributed by atoms with van der Waals surface area (Å²) in [6, 6.07) is 4.70. The van der Waals surface area contributed by atoms with Crippen molar-refractivity contribution in [1.29, 1.82) is 0 Å². The molecule has 88 valence electrons. The highest BCUT2D eigenvalue weighted by molar-refractivity contribution is 9.10. The zero-order valence-electron chi connectivity index (χ0n) is 8.51. The van der Waals surface area contributed by atoms with E-state index < -0.39 is 4.92 Å². The van der Waals surface area contributed by atoms with E-state index in [2.05, 4.69) is 37.0 Å². The Morgan fingerprint density at radius 1 is 1.41 bits per heavy atom. The Balaban J connectivity index is 2.25. The van der Waals surface area contributed by atoms with Gasteiger partial charge in [0.25, 0.3) is 5.69 Å². The summed E-state index contributed by atoms with van der Waals surface area (Å²) in [5, 5.41) is 14.7. The molecule has 7 heteroatoms. The first-order chi connectivity index (χ1) is 8.06. The van der Waals surface area contributed by atoms with Crippen LogP contribution in [-0.4, -0.2) is 14.7 Å². The predicted molar refractivity (Wildman–Crippen MR) is 69.8 cm³/mol. The van der Waals surface area contributed by atoms with Crippen molar-refractivity contribution in [2.75, 3.05) is 0 Å². The summed E-state index contributed by atoms with van der Waals surface area (Å²) in [5.41, 5.74) is 1.01. The lowest BCUT2D eigenvalue weighted by Gasteiger charge is -2.04. The number of aromatic nitrogens is 2. The van der Waals surface area contributed by atoms with Crippen LogP contribution in [0.5, 0.6) is 0 Å². The first-order valence-corrected chi connectivity index (χ1v) is 6.25. The van der Waals surface area contributed by atoms with Gasteiger partial charge in [-0.3, -0.25) is 14.8 Å². The average Bonchev–Trinajstić information content (AvgIpc) is 2.67. The number of halogens is 2. The summed E-state index contributed by atoms with van der Waals surface area (Å²) in [4.78, 5) is 10.2. The number of hydrogen-bond acceptors (Lipinski definition) is 3. The van der Waals surface area contributed by atoms with Crippen molar-refractivity contribution >= 4 is 37.5 Å². The molecule has 0 bridgehead atoms. The van der Waals surface area contributed by atoms with Gasteiger partial charge in [-0.25, -0.2) is 0 Å². The summed E-state index contributed by atoms with van der Waals surface area (Å²) < 4.78 is 3.35. The van der Waals surface area contributed by atoms with Gasteiger partial charge in [-0.1, -0.05) is 15.9 Å². The van der Waals surface area contributed by atoms with E-state index in [0.717, 1.165) is 10.0 Å². The fraction of sp³-hybridized carbons (Fsp3) is 0.100. The lowest BCUT2D eigenvalue weighted by atomic mass is 10.2. The maximum absolute atomic E-state index is 10.6. The van der Waals surface area contributed by atoms with Gasteiger partial charge in [-0.2, -0.15) is 5.10 Å². The highest BCUT2D eigenvalue weighted by Crippen LogP contribution is 2.23. The third-order valence-electron chi connectivity index (χ3n) is 2.18. The number of nitro benzene ring substituents is 1. The number of nitrogens with zero attached hydrogens (tertiary/aromatic N) is 3. The molecule has 2 aromatic rings. The first-order valence-electron chi connectivity index (χ1n) is 4.67. The number of hydrogen-bond donors (Lipinski definition) is 0. The Hall–Kier alpha value is -1.21. The van der Waals surface area contributed by atoms with Crippen molar-refractivity contribution in [3.05, 3.63) is 55.2 Å². The highest BCUT2D eigenvalue weighted by atomic mass is 79.9. The van der Waals surface area contributed by atoms with E-state index in [1.807, 2.05) is 6.20 Å². The van der Waals surface area contributed by atoms with Crippen molar-refractivity contribution in [1.82, 2.24) is 9.78 Å². The molecule has 0 saturated heterocycles. The van der Waals surface area contributed by atoms with Crippen LogP contribution in [0.4, 0.5) is 5.69 Å². The molecule has 0 N–H and O–H groups in total. The molecule has 2 rings (SSSR count). The Morgan fingerprint density at radius 3 is 2.71 bits per heavy atom. The maximum Gasteiger partial charge on any atom is 0.270 e. The molecule has 5 nitrogen and oxygen atoms in total. The minimum atomic E-state index is -0.418. The van der Waals surface area contributed by atoms with E-state index in [4.69, 9.17) is 0 Å². The highest BCUT2D eigenvalue weighted by Gasteiger charge is 2.09. The molecule has 0 aliphatic rings. The van der Waals surface area contributed by atoms with E-state index in [-0.39, 0.29) is 5.69 Å². The summed E-state index contributed by atoms with van der Waals surface area (Å²) in [6.07, 6.45) is 3.53. The zero-order valence-corrected chi connectivity index (χ0v) is 11.7. The molecular formula is C10H7Br2N3O2. The minimum absolute atomic E-state index is 0.0715. The third-order valence-corrected chi connectivity index (χ3v) is 3.33. The second-order valence-corrected chi connectivity index (χ2v) is 5.16. The largest absolute Gasteiger partial charge is 0.270 e. The standard InChI is InChI=1S/C10H7Br2N3O2/c11-8-4-13-14(6-8)5-7-1-2-9(15(16)17)3-10(7)12/h1-4,6H,5H2. The smallest absolute Gasteiger partial charge is 0.267 e. The number of rotatable bonds is 3. The van der Waals surface area contributed by atoms with Gasteiger partial charge in [0.1, 0.15) is 0 Å². The van der Waals surface area contributed by atoms with Crippen LogP contribution in [-0.2, 0) is 6.54 Å². The Morgan fingerprint density at radius 2 is 2.18 bits per heavy atom. The van der Waals surface area contributed by atoms with Gasteiger partial charge < -0.3 is 0 Å². The molecule has 0 atom stereocenters. The second kappa shape index (κ2) is 4.97. The van der Waals surface area contributed by atoms with Gasteiger partial charge >= 0.3 is 0 Å². The molecule has 0 amide bonds. The van der Waals surface area contributed by atoms with Gasteiger partial charge in [-0.15, -0.1) is 0 Å². The van der Waals surface area contributed by atoms with Crippen molar-refractivity contribution < 1.29 is 4.92 Å². The van der Waals surface area contributed by atoms with Gasteiger partial charge in [0.15, 0.2) is 0 Å². The van der Waals surface area contributed by atoms with Crippen LogP contribution >= 0.6 is 31.9 Å². The van der Waals surface area contributed by atoms with Crippen LogP contribution in [0.15, 0.2) is 39.5 Å². The summed E-state index contributed by atoms with van der Waals surface area (Å²) in [6.45, 7) is 0.560. The molecule has 1 aromatic carbocycles. The topological polar surface area (TPSA) is 61.0 Å². The van der Waals surface area contributed by atoms with Crippen LogP contribution < -0.4 is 0 Å². The average molecular weight is 361 g/mol. The SMILES string of the molecule is O=[N+]([O-])c1ccc(Cn2cc(Br)cn2)c(Br)c1. The van der Waals surface area contributed by atoms with E-state index >= 15 is 0 Å². The molecule has 0 saturated carbocycles. The van der Waals surface area contributed by atoms with Crippen LogP contribution in [0, 0.1) is 10.1 Å². The van der Waals surface area contributed by atoms with Crippen molar-refractivity contribution in [3.8, 4) is 0 Å². The number of benzene rings is 1. The van der Waals surface area contributed by atoms with Crippen LogP contribution in [0.1, 0.15) is 5.56 Å². The van der Waals surface area contributed by atoms with Gasteiger partial charge in [-0.05, 0) is 27.6 Å². The molecule has 0 spiro atoms. The normalized spacial score (nSPS) is 10.5. The van der Waals surface area contributed by atoms with Crippen LogP contribution in [0.2, 0.25) is 0 Å². The molecule has 1 aromatic heterocycles. The van der Waals surface area contributed by atoms with Crippen molar-refractivity contribution in [2.24, 2.45) is 0 Å². The molecule has 0 aliphatic carbocycles. The van der Waals surface area contributed by atoms with E-state index in [1.165, 1.54) is 12.1 Å². The first kappa shape index (κ1) is 12.3. The summed E-state index contributed by atoms with van der Waals surface area (Å²) in [7, 11) is 0. The fourth-order valence-electron chi connectivity index (χ4n) is 1.38. The maximum atomic E-state index is 10.6. The quantitative estimate of drug-likeness (QED) is 0.622. The Bertz CT molecular complexity index is 568. The second-order valence-electron chi connectivity index (χ2n) is 3.39. The Labute approximate surface area is 114 Å². The lowest BCUT2D eigenvalue weighted by Crippen LogP contribution is -2.01. The van der Waals surface area contributed by atoms with E-state index in [1.54, 1.807) is 16.9 Å². The molecule has 0 unspecified atom stereocenters. The van der Waals surface area contributed by atoms with Gasteiger partial charge in [0.05, 0.1) is 22.1 Å². The van der Waals surface area contributed by atoms with Crippen molar-refractivity contribution in [3.63, 3.8) is 0 Å². The molecule has 0 aliphatic heterocycles.